The van der Waals surface area contributed by atoms with E-state index < -0.39 is 11.6 Å². The van der Waals surface area contributed by atoms with Crippen LogP contribution in [0.15, 0.2) is 18.2 Å². The number of thioether (sulfide) groups is 2. The third kappa shape index (κ3) is 2.95. The molecule has 1 aromatic carbocycles. The number of hydrogen-bond donors (Lipinski definition) is 1. The predicted molar refractivity (Wildman–Crippen MR) is 71.7 cm³/mol. The highest BCUT2D eigenvalue weighted by Gasteiger charge is 2.28. The molecule has 2 atom stereocenters. The Hall–Kier alpha value is -0.260. The largest absolute Gasteiger partial charge is 0.312 e. The normalized spacial score (nSPS) is 22.4. The Morgan fingerprint density at radius 3 is 2.53 bits per heavy atom. The van der Waals surface area contributed by atoms with Crippen LogP contribution in [0.4, 0.5) is 8.78 Å². The minimum absolute atomic E-state index is 0.176. The molecule has 0 aromatic heterocycles. The molecular formula is C12H15F2NS2. The Bertz CT molecular complexity index is 361. The van der Waals surface area contributed by atoms with Gasteiger partial charge in [-0.05, 0) is 19.2 Å². The molecule has 1 saturated heterocycles. The lowest BCUT2D eigenvalue weighted by atomic mass is 10.0. The second kappa shape index (κ2) is 6.07. The molecule has 1 aliphatic rings. The summed E-state index contributed by atoms with van der Waals surface area (Å²) in [6.45, 7) is 0. The van der Waals surface area contributed by atoms with Gasteiger partial charge in [0.15, 0.2) is 0 Å². The molecule has 5 heteroatoms. The van der Waals surface area contributed by atoms with Crippen molar-refractivity contribution in [2.24, 2.45) is 0 Å². The van der Waals surface area contributed by atoms with Gasteiger partial charge in [-0.2, -0.15) is 23.5 Å². The van der Waals surface area contributed by atoms with E-state index in [1.54, 1.807) is 18.8 Å². The van der Waals surface area contributed by atoms with Crippen molar-refractivity contribution in [3.8, 4) is 0 Å². The van der Waals surface area contributed by atoms with Crippen LogP contribution >= 0.6 is 23.5 Å². The molecular weight excluding hydrogens is 260 g/mol. The smallest absolute Gasteiger partial charge is 0.130 e. The van der Waals surface area contributed by atoms with Gasteiger partial charge in [-0.25, -0.2) is 8.78 Å². The van der Waals surface area contributed by atoms with Crippen molar-refractivity contribution in [2.75, 3.05) is 24.3 Å². The highest BCUT2D eigenvalue weighted by molar-refractivity contribution is 8.06. The fraction of sp³-hybridized carbons (Fsp3) is 0.500. The Kier molecular flexibility index (Phi) is 4.70. The van der Waals surface area contributed by atoms with Crippen molar-refractivity contribution in [3.63, 3.8) is 0 Å². The van der Waals surface area contributed by atoms with Crippen molar-refractivity contribution in [1.82, 2.24) is 5.32 Å². The molecule has 17 heavy (non-hydrogen) atoms. The van der Waals surface area contributed by atoms with Gasteiger partial charge in [-0.15, -0.1) is 0 Å². The fourth-order valence-corrected chi connectivity index (χ4v) is 4.91. The van der Waals surface area contributed by atoms with Crippen molar-refractivity contribution in [2.45, 2.75) is 11.3 Å². The van der Waals surface area contributed by atoms with Crippen LogP contribution in [0.2, 0.25) is 0 Å². The van der Waals surface area contributed by atoms with E-state index >= 15 is 0 Å². The molecule has 0 radical (unpaired) electrons. The van der Waals surface area contributed by atoms with Crippen molar-refractivity contribution in [3.05, 3.63) is 35.4 Å². The van der Waals surface area contributed by atoms with Gasteiger partial charge in [-0.1, -0.05) is 6.07 Å². The van der Waals surface area contributed by atoms with E-state index in [4.69, 9.17) is 0 Å². The van der Waals surface area contributed by atoms with Gasteiger partial charge in [0, 0.05) is 28.1 Å². The van der Waals surface area contributed by atoms with Crippen LogP contribution in [0.25, 0.3) is 0 Å². The SMILES string of the molecule is CNC(c1c(F)cccc1F)C1CSCCS1. The summed E-state index contributed by atoms with van der Waals surface area (Å²) in [6.07, 6.45) is 0. The first-order valence-electron chi connectivity index (χ1n) is 5.54. The standard InChI is InChI=1S/C12H15F2NS2/c1-15-12(10-7-16-5-6-17-10)11-8(13)3-2-4-9(11)14/h2-4,10,12,15H,5-7H2,1H3. The van der Waals surface area contributed by atoms with Crippen LogP contribution in [0.5, 0.6) is 0 Å². The molecule has 1 aliphatic heterocycles. The lowest BCUT2D eigenvalue weighted by Gasteiger charge is -2.30. The molecule has 1 N–H and O–H groups in total. The summed E-state index contributed by atoms with van der Waals surface area (Å²) < 4.78 is 27.5. The van der Waals surface area contributed by atoms with E-state index in [0.717, 1.165) is 17.3 Å². The minimum Gasteiger partial charge on any atom is -0.312 e. The molecule has 0 bridgehead atoms. The zero-order valence-corrected chi connectivity index (χ0v) is 11.2. The maximum atomic E-state index is 13.7. The first kappa shape index (κ1) is 13.2. The molecule has 2 unspecified atom stereocenters. The number of rotatable bonds is 3. The van der Waals surface area contributed by atoms with Gasteiger partial charge in [-0.3, -0.25) is 0 Å². The third-order valence-electron chi connectivity index (χ3n) is 2.84. The quantitative estimate of drug-likeness (QED) is 0.910. The summed E-state index contributed by atoms with van der Waals surface area (Å²) >= 11 is 3.64. The fourth-order valence-electron chi connectivity index (χ4n) is 2.02. The average molecular weight is 275 g/mol. The van der Waals surface area contributed by atoms with Crippen LogP contribution in [-0.2, 0) is 0 Å². The van der Waals surface area contributed by atoms with Crippen molar-refractivity contribution in [1.29, 1.82) is 0 Å². The summed E-state index contributed by atoms with van der Waals surface area (Å²) in [5, 5.41) is 3.28. The Labute approximate surface area is 109 Å². The van der Waals surface area contributed by atoms with Crippen LogP contribution in [0, 0.1) is 11.6 Å². The Morgan fingerprint density at radius 1 is 1.29 bits per heavy atom. The molecule has 0 saturated carbocycles. The number of halogens is 2. The summed E-state index contributed by atoms with van der Waals surface area (Å²) in [7, 11) is 1.76. The average Bonchev–Trinajstić information content (AvgIpc) is 2.35. The predicted octanol–water partition coefficient (Wildman–Crippen LogP) is 3.07. The summed E-state index contributed by atoms with van der Waals surface area (Å²) in [6, 6.07) is 3.80. The Balaban J connectivity index is 2.27. The first-order valence-corrected chi connectivity index (χ1v) is 7.75. The zero-order chi connectivity index (χ0) is 12.3. The van der Waals surface area contributed by atoms with Crippen LogP contribution in [0.1, 0.15) is 11.6 Å². The highest BCUT2D eigenvalue weighted by atomic mass is 32.2. The van der Waals surface area contributed by atoms with Gasteiger partial charge in [0.1, 0.15) is 11.6 Å². The van der Waals surface area contributed by atoms with E-state index in [1.165, 1.54) is 18.2 Å². The maximum Gasteiger partial charge on any atom is 0.130 e. The number of benzene rings is 1. The lowest BCUT2D eigenvalue weighted by molar-refractivity contribution is 0.490. The van der Waals surface area contributed by atoms with Gasteiger partial charge in [0.2, 0.25) is 0 Å². The third-order valence-corrected chi connectivity index (χ3v) is 5.70. The second-order valence-electron chi connectivity index (χ2n) is 3.89. The van der Waals surface area contributed by atoms with Crippen LogP contribution < -0.4 is 5.32 Å². The van der Waals surface area contributed by atoms with E-state index in [2.05, 4.69) is 5.32 Å². The molecule has 94 valence electrons. The van der Waals surface area contributed by atoms with Crippen LogP contribution in [-0.4, -0.2) is 29.6 Å². The number of nitrogens with one attached hydrogen (secondary N) is 1. The van der Waals surface area contributed by atoms with E-state index in [9.17, 15) is 8.78 Å². The molecule has 2 rings (SSSR count). The molecule has 1 fully saturated rings. The monoisotopic (exact) mass is 275 g/mol. The van der Waals surface area contributed by atoms with Crippen molar-refractivity contribution < 1.29 is 8.78 Å². The van der Waals surface area contributed by atoms with Gasteiger partial charge in [0.25, 0.3) is 0 Å². The van der Waals surface area contributed by atoms with Gasteiger partial charge >= 0.3 is 0 Å². The lowest BCUT2D eigenvalue weighted by Crippen LogP contribution is -2.32. The summed E-state index contributed by atoms with van der Waals surface area (Å²) in [5.74, 6) is 2.19. The maximum absolute atomic E-state index is 13.7. The van der Waals surface area contributed by atoms with Crippen molar-refractivity contribution >= 4 is 23.5 Å². The summed E-state index contributed by atoms with van der Waals surface area (Å²) in [4.78, 5) is 0. The molecule has 0 amide bonds. The Morgan fingerprint density at radius 2 is 2.00 bits per heavy atom. The second-order valence-corrected chi connectivity index (χ2v) is 6.38. The van der Waals surface area contributed by atoms with E-state index in [1.807, 2.05) is 11.8 Å². The zero-order valence-electron chi connectivity index (χ0n) is 9.58. The topological polar surface area (TPSA) is 12.0 Å². The van der Waals surface area contributed by atoms with Crippen LogP contribution in [0.3, 0.4) is 0 Å². The molecule has 1 aromatic rings. The number of hydrogen-bond acceptors (Lipinski definition) is 3. The summed E-state index contributed by atoms with van der Waals surface area (Å²) in [5.41, 5.74) is 0.176. The molecule has 1 nitrogen and oxygen atoms in total. The first-order chi connectivity index (χ1) is 8.24. The molecule has 0 spiro atoms. The van der Waals surface area contributed by atoms with E-state index in [0.29, 0.717) is 0 Å². The molecule has 0 aliphatic carbocycles. The minimum atomic E-state index is -0.458. The molecule has 1 heterocycles. The van der Waals surface area contributed by atoms with E-state index in [-0.39, 0.29) is 16.9 Å². The highest BCUT2D eigenvalue weighted by Crippen LogP contribution is 2.35. The van der Waals surface area contributed by atoms with Gasteiger partial charge < -0.3 is 5.32 Å². The van der Waals surface area contributed by atoms with Gasteiger partial charge in [0.05, 0.1) is 6.04 Å².